The molecule has 0 bridgehead atoms. The lowest BCUT2D eigenvalue weighted by molar-refractivity contribution is -0.145. The van der Waals surface area contributed by atoms with Crippen LogP contribution in [0.15, 0.2) is 35.8 Å². The summed E-state index contributed by atoms with van der Waals surface area (Å²) in [5.41, 5.74) is 0.956. The zero-order chi connectivity index (χ0) is 35.4. The number of carbonyl (C=O) groups is 3. The monoisotopic (exact) mass is 687 g/mol. The van der Waals surface area contributed by atoms with Crippen LogP contribution in [0.4, 0.5) is 10.5 Å². The maximum absolute atomic E-state index is 14.0. The molecule has 1 aliphatic rings. The number of methoxy groups -OCH3 is 2. The van der Waals surface area contributed by atoms with Crippen molar-refractivity contribution < 1.29 is 28.6 Å². The summed E-state index contributed by atoms with van der Waals surface area (Å²) in [4.78, 5) is 48.5. The van der Waals surface area contributed by atoms with Gasteiger partial charge in [-0.1, -0.05) is 39.3 Å². The molecule has 12 heteroatoms. The minimum absolute atomic E-state index is 0.00680. The van der Waals surface area contributed by atoms with E-state index in [1.54, 1.807) is 51.4 Å². The Labute approximate surface area is 291 Å². The van der Waals surface area contributed by atoms with E-state index in [9.17, 15) is 14.4 Å². The highest BCUT2D eigenvalue weighted by Crippen LogP contribution is 2.30. The lowest BCUT2D eigenvalue weighted by Crippen LogP contribution is -2.54. The van der Waals surface area contributed by atoms with Crippen LogP contribution in [0.25, 0.3) is 0 Å². The third-order valence-electron chi connectivity index (χ3n) is 9.59. The molecule has 0 radical (unpaired) electrons. The Morgan fingerprint density at radius 3 is 2.42 bits per heavy atom. The molecule has 1 saturated heterocycles. The lowest BCUT2D eigenvalue weighted by Gasteiger charge is -2.40. The molecule has 2 aromatic rings. The van der Waals surface area contributed by atoms with Crippen LogP contribution >= 0.6 is 11.3 Å². The number of hydrogen-bond donors (Lipinski definition) is 2. The van der Waals surface area contributed by atoms with Crippen LogP contribution in [0.2, 0.25) is 0 Å². The summed E-state index contributed by atoms with van der Waals surface area (Å²) in [5.74, 6) is 0.101. The number of benzene rings is 1. The maximum Gasteiger partial charge on any atom is 0.407 e. The minimum Gasteiger partial charge on any atom is -0.445 e. The second kappa shape index (κ2) is 18.5. The quantitative estimate of drug-likeness (QED) is 0.204. The van der Waals surface area contributed by atoms with Gasteiger partial charge in [0.1, 0.15) is 6.61 Å². The molecule has 0 spiro atoms. The zero-order valence-corrected chi connectivity index (χ0v) is 31.1. The largest absolute Gasteiger partial charge is 0.445 e. The Morgan fingerprint density at radius 1 is 1.12 bits per heavy atom. The molecular formula is C36H57N5O6S. The van der Waals surface area contributed by atoms with Crippen LogP contribution < -0.4 is 10.6 Å². The fraction of sp³-hybridized carbons (Fsp3) is 0.667. The van der Waals surface area contributed by atoms with Gasteiger partial charge < -0.3 is 34.6 Å². The molecule has 268 valence electrons. The highest BCUT2D eigenvalue weighted by atomic mass is 32.1. The summed E-state index contributed by atoms with van der Waals surface area (Å²) in [5, 5.41) is 8.95. The number of alkyl carbamates (subject to hydrolysis) is 1. The van der Waals surface area contributed by atoms with Crippen molar-refractivity contribution >= 4 is 34.9 Å². The van der Waals surface area contributed by atoms with Crippen LogP contribution in [0, 0.1) is 11.8 Å². The van der Waals surface area contributed by atoms with E-state index in [1.807, 2.05) is 47.8 Å². The number of anilines is 1. The van der Waals surface area contributed by atoms with Gasteiger partial charge in [0.05, 0.1) is 35.7 Å². The van der Waals surface area contributed by atoms with Gasteiger partial charge in [-0.3, -0.25) is 9.59 Å². The van der Waals surface area contributed by atoms with E-state index in [0.717, 1.165) is 41.9 Å². The molecule has 1 aromatic heterocycles. The number of carbonyl (C=O) groups excluding carboxylic acids is 3. The van der Waals surface area contributed by atoms with Crippen molar-refractivity contribution in [1.82, 2.24) is 20.1 Å². The standard InChI is InChI=1S/C36H57N5O6S/c1-10-24(2)33(40(7)32(43)22-36(4,5)39-35(44)47-23-26-13-15-27(37-6)16-14-26)29(45-8)21-31(42)41-18-11-12-28(41)34(46-9)25(3)20-30-38-17-19-48-30/h13-17,19,24-25,28-29,33-34,37H,10-12,18,20-23H2,1-9H3,(H,39,44). The molecule has 1 fully saturated rings. The number of amides is 3. The van der Waals surface area contributed by atoms with E-state index in [-0.39, 0.29) is 61.3 Å². The molecule has 11 nitrogen and oxygen atoms in total. The van der Waals surface area contributed by atoms with Crippen molar-refractivity contribution in [3.8, 4) is 0 Å². The summed E-state index contributed by atoms with van der Waals surface area (Å²) in [6.07, 6.45) is 4.19. The fourth-order valence-electron chi connectivity index (χ4n) is 6.77. The Morgan fingerprint density at radius 2 is 1.83 bits per heavy atom. The molecule has 48 heavy (non-hydrogen) atoms. The predicted molar refractivity (Wildman–Crippen MR) is 190 cm³/mol. The van der Waals surface area contributed by atoms with E-state index in [1.165, 1.54) is 0 Å². The van der Waals surface area contributed by atoms with Gasteiger partial charge in [-0.25, -0.2) is 9.78 Å². The minimum atomic E-state index is -0.871. The highest BCUT2D eigenvalue weighted by molar-refractivity contribution is 7.09. The number of hydrogen-bond acceptors (Lipinski definition) is 9. The summed E-state index contributed by atoms with van der Waals surface area (Å²) in [7, 11) is 6.93. The van der Waals surface area contributed by atoms with E-state index in [0.29, 0.717) is 6.54 Å². The molecule has 2 N–H and O–H groups in total. The van der Waals surface area contributed by atoms with Crippen molar-refractivity contribution in [1.29, 1.82) is 0 Å². The number of thiazole rings is 1. The Balaban J connectivity index is 1.64. The van der Waals surface area contributed by atoms with E-state index in [2.05, 4.69) is 36.4 Å². The van der Waals surface area contributed by atoms with Gasteiger partial charge in [-0.05, 0) is 56.2 Å². The van der Waals surface area contributed by atoms with Crippen LogP contribution in [0.3, 0.4) is 0 Å². The van der Waals surface area contributed by atoms with Gasteiger partial charge in [-0.2, -0.15) is 0 Å². The number of nitrogens with zero attached hydrogens (tertiary/aromatic N) is 3. The molecule has 6 unspecified atom stereocenters. The predicted octanol–water partition coefficient (Wildman–Crippen LogP) is 5.74. The van der Waals surface area contributed by atoms with Gasteiger partial charge in [0.2, 0.25) is 11.8 Å². The summed E-state index contributed by atoms with van der Waals surface area (Å²) in [6.45, 7) is 10.7. The lowest BCUT2D eigenvalue weighted by atomic mass is 9.89. The Hall–Kier alpha value is -3.22. The van der Waals surface area contributed by atoms with Gasteiger partial charge in [0.25, 0.3) is 0 Å². The first kappa shape index (κ1) is 39.2. The van der Waals surface area contributed by atoms with Crippen molar-refractivity contribution in [3.05, 3.63) is 46.4 Å². The molecule has 6 atom stereocenters. The molecule has 3 amide bonds. The Kier molecular flexibility index (Phi) is 15.1. The van der Waals surface area contributed by atoms with Crippen LogP contribution in [-0.4, -0.2) is 97.4 Å². The molecule has 1 aliphatic heterocycles. The van der Waals surface area contributed by atoms with E-state index in [4.69, 9.17) is 14.2 Å². The number of rotatable bonds is 18. The average molecular weight is 688 g/mol. The first-order valence-electron chi connectivity index (χ1n) is 17.0. The number of likely N-dealkylation sites (N-methyl/N-ethyl adjacent to an activating group) is 1. The number of ether oxygens (including phenoxy) is 3. The van der Waals surface area contributed by atoms with Crippen LogP contribution in [0.5, 0.6) is 0 Å². The second-order valence-corrected chi connectivity index (χ2v) is 14.7. The third kappa shape index (κ3) is 10.9. The second-order valence-electron chi connectivity index (χ2n) is 13.7. The van der Waals surface area contributed by atoms with E-state index >= 15 is 0 Å². The normalized spacial score (nSPS) is 18.0. The fourth-order valence-corrected chi connectivity index (χ4v) is 7.53. The van der Waals surface area contributed by atoms with Crippen molar-refractivity contribution in [2.45, 2.75) is 110 Å². The first-order valence-corrected chi connectivity index (χ1v) is 17.9. The number of aromatic nitrogens is 1. The Bertz CT molecular complexity index is 1290. The molecule has 2 heterocycles. The first-order chi connectivity index (χ1) is 22.8. The number of likely N-dealkylation sites (tertiary alicyclic amines) is 1. The van der Waals surface area contributed by atoms with Crippen molar-refractivity contribution in [3.63, 3.8) is 0 Å². The smallest absolute Gasteiger partial charge is 0.407 e. The van der Waals surface area contributed by atoms with Crippen molar-refractivity contribution in [2.75, 3.05) is 40.2 Å². The van der Waals surface area contributed by atoms with Crippen LogP contribution in [0.1, 0.15) is 77.3 Å². The average Bonchev–Trinajstić information content (AvgIpc) is 3.76. The van der Waals surface area contributed by atoms with Gasteiger partial charge in [0, 0.05) is 70.5 Å². The van der Waals surface area contributed by atoms with E-state index < -0.39 is 17.7 Å². The van der Waals surface area contributed by atoms with Gasteiger partial charge >= 0.3 is 6.09 Å². The zero-order valence-electron chi connectivity index (χ0n) is 30.3. The molecule has 0 saturated carbocycles. The molecule has 1 aromatic carbocycles. The molecular weight excluding hydrogens is 630 g/mol. The van der Waals surface area contributed by atoms with Crippen LogP contribution in [-0.2, 0) is 36.8 Å². The SMILES string of the molecule is CCC(C)C(C(CC(=O)N1CCCC1C(OC)C(C)Cc1nccs1)OC)N(C)C(=O)CC(C)(C)NC(=O)OCc1ccc(NC)cc1. The number of nitrogens with one attached hydrogen (secondary N) is 2. The third-order valence-corrected chi connectivity index (χ3v) is 10.4. The maximum atomic E-state index is 14.0. The molecule has 3 rings (SSSR count). The topological polar surface area (TPSA) is 122 Å². The van der Waals surface area contributed by atoms with Crippen molar-refractivity contribution in [2.24, 2.45) is 11.8 Å². The summed E-state index contributed by atoms with van der Waals surface area (Å²) >= 11 is 1.64. The summed E-state index contributed by atoms with van der Waals surface area (Å²) < 4.78 is 17.4. The highest BCUT2D eigenvalue weighted by Gasteiger charge is 2.41. The molecule has 0 aliphatic carbocycles. The summed E-state index contributed by atoms with van der Waals surface area (Å²) in [6, 6.07) is 7.22. The van der Waals surface area contributed by atoms with Gasteiger partial charge in [0.15, 0.2) is 0 Å². The van der Waals surface area contributed by atoms with Gasteiger partial charge in [-0.15, -0.1) is 11.3 Å².